The highest BCUT2D eigenvalue weighted by molar-refractivity contribution is 7.92. The van der Waals surface area contributed by atoms with Gasteiger partial charge in [-0.15, -0.1) is 0 Å². The maximum absolute atomic E-state index is 13.4. The lowest BCUT2D eigenvalue weighted by molar-refractivity contribution is -0.119. The number of hydrogen-bond acceptors (Lipinski definition) is 4. The number of amides is 1. The van der Waals surface area contributed by atoms with Crippen molar-refractivity contribution in [1.29, 1.82) is 0 Å². The fraction of sp³-hybridized carbons (Fsp3) is 0.174. The molecular formula is C23H23F2N3O3S. The Morgan fingerprint density at radius 1 is 0.844 bits per heavy atom. The molecule has 3 rings (SSSR count). The smallest absolute Gasteiger partial charge is 0.264 e. The molecule has 1 N–H and O–H groups in total. The number of halogens is 2. The van der Waals surface area contributed by atoms with E-state index in [-0.39, 0.29) is 17.1 Å². The lowest BCUT2D eigenvalue weighted by atomic mass is 10.3. The molecule has 0 aromatic heterocycles. The van der Waals surface area contributed by atoms with Gasteiger partial charge < -0.3 is 10.2 Å². The van der Waals surface area contributed by atoms with E-state index < -0.39 is 34.1 Å². The van der Waals surface area contributed by atoms with Gasteiger partial charge in [-0.2, -0.15) is 0 Å². The molecule has 3 aromatic carbocycles. The lowest BCUT2D eigenvalue weighted by Gasteiger charge is -2.24. The van der Waals surface area contributed by atoms with Crippen molar-refractivity contribution in [2.24, 2.45) is 0 Å². The van der Waals surface area contributed by atoms with Crippen LogP contribution in [-0.2, 0) is 14.8 Å². The van der Waals surface area contributed by atoms with E-state index in [2.05, 4.69) is 5.32 Å². The number of nitrogens with zero attached hydrogens (tertiary/aromatic N) is 2. The summed E-state index contributed by atoms with van der Waals surface area (Å²) in [6.45, 7) is 0.287. The van der Waals surface area contributed by atoms with E-state index in [1.165, 1.54) is 12.1 Å². The van der Waals surface area contributed by atoms with Crippen LogP contribution < -0.4 is 14.5 Å². The summed E-state index contributed by atoms with van der Waals surface area (Å²) in [7, 11) is -2.31. The Morgan fingerprint density at radius 2 is 1.41 bits per heavy atom. The molecule has 0 saturated carbocycles. The first kappa shape index (κ1) is 23.2. The van der Waals surface area contributed by atoms with Gasteiger partial charge in [0.1, 0.15) is 18.2 Å². The molecule has 9 heteroatoms. The minimum Gasteiger partial charge on any atom is -0.373 e. The zero-order chi connectivity index (χ0) is 23.1. The first-order valence-corrected chi connectivity index (χ1v) is 11.3. The third-order valence-corrected chi connectivity index (χ3v) is 6.56. The highest BCUT2D eigenvalue weighted by Gasteiger charge is 2.27. The topological polar surface area (TPSA) is 69.7 Å². The summed E-state index contributed by atoms with van der Waals surface area (Å²) in [5.41, 5.74) is 1.10. The van der Waals surface area contributed by atoms with Gasteiger partial charge in [0, 0.05) is 25.8 Å². The van der Waals surface area contributed by atoms with Crippen molar-refractivity contribution >= 4 is 27.3 Å². The number of rotatable bonds is 9. The van der Waals surface area contributed by atoms with Crippen molar-refractivity contribution in [3.8, 4) is 0 Å². The van der Waals surface area contributed by atoms with Gasteiger partial charge in [0.25, 0.3) is 10.0 Å². The molecule has 0 fully saturated rings. The molecular weight excluding hydrogens is 436 g/mol. The summed E-state index contributed by atoms with van der Waals surface area (Å²) in [5.74, 6) is -1.65. The molecule has 0 heterocycles. The minimum absolute atomic E-state index is 0.118. The summed E-state index contributed by atoms with van der Waals surface area (Å²) < 4.78 is 53.8. The number of hydrogen-bond donors (Lipinski definition) is 1. The first-order chi connectivity index (χ1) is 15.3. The Bertz CT molecular complexity index is 1140. The number of para-hydroxylation sites is 1. The molecule has 0 aliphatic carbocycles. The SMILES string of the molecule is CN(CCNC(=O)CN(c1ccc(F)cc1)S(=O)(=O)c1ccc(F)cc1)c1ccccc1. The van der Waals surface area contributed by atoms with E-state index in [0.29, 0.717) is 6.54 Å². The van der Waals surface area contributed by atoms with Crippen molar-refractivity contribution in [2.75, 3.05) is 35.9 Å². The van der Waals surface area contributed by atoms with E-state index in [9.17, 15) is 22.0 Å². The van der Waals surface area contributed by atoms with E-state index in [1.54, 1.807) is 0 Å². The zero-order valence-corrected chi connectivity index (χ0v) is 18.2. The van der Waals surface area contributed by atoms with Gasteiger partial charge in [0.15, 0.2) is 0 Å². The second-order valence-electron chi connectivity index (χ2n) is 7.05. The maximum Gasteiger partial charge on any atom is 0.264 e. The third-order valence-electron chi connectivity index (χ3n) is 4.77. The molecule has 0 radical (unpaired) electrons. The Kier molecular flexibility index (Phi) is 7.42. The van der Waals surface area contributed by atoms with Gasteiger partial charge in [-0.1, -0.05) is 18.2 Å². The normalized spacial score (nSPS) is 11.1. The van der Waals surface area contributed by atoms with Crippen LogP contribution in [0, 0.1) is 11.6 Å². The van der Waals surface area contributed by atoms with E-state index in [1.807, 2.05) is 42.3 Å². The third kappa shape index (κ3) is 5.82. The van der Waals surface area contributed by atoms with Crippen molar-refractivity contribution in [2.45, 2.75) is 4.90 Å². The van der Waals surface area contributed by atoms with Crippen LogP contribution in [0.4, 0.5) is 20.2 Å². The van der Waals surface area contributed by atoms with Gasteiger partial charge in [-0.05, 0) is 60.7 Å². The molecule has 168 valence electrons. The summed E-state index contributed by atoms with van der Waals surface area (Å²) in [4.78, 5) is 14.3. The van der Waals surface area contributed by atoms with Crippen molar-refractivity contribution < 1.29 is 22.0 Å². The van der Waals surface area contributed by atoms with Gasteiger partial charge >= 0.3 is 0 Å². The van der Waals surface area contributed by atoms with Gasteiger partial charge in [-0.25, -0.2) is 17.2 Å². The van der Waals surface area contributed by atoms with Crippen LogP contribution in [-0.4, -0.2) is 41.0 Å². The molecule has 0 unspecified atom stereocenters. The number of carbonyl (C=O) groups excluding carboxylic acids is 1. The molecule has 32 heavy (non-hydrogen) atoms. The molecule has 0 bridgehead atoms. The Balaban J connectivity index is 1.73. The van der Waals surface area contributed by atoms with Crippen molar-refractivity contribution in [3.63, 3.8) is 0 Å². The first-order valence-electron chi connectivity index (χ1n) is 9.84. The van der Waals surface area contributed by atoms with Gasteiger partial charge in [-0.3, -0.25) is 9.10 Å². The summed E-state index contributed by atoms with van der Waals surface area (Å²) in [5, 5.41) is 2.71. The molecule has 3 aromatic rings. The van der Waals surface area contributed by atoms with Crippen LogP contribution in [0.5, 0.6) is 0 Å². The highest BCUT2D eigenvalue weighted by Crippen LogP contribution is 2.24. The predicted molar refractivity (Wildman–Crippen MR) is 120 cm³/mol. The van der Waals surface area contributed by atoms with Gasteiger partial charge in [0.05, 0.1) is 10.6 Å². The maximum atomic E-state index is 13.4. The Hall–Kier alpha value is -3.46. The van der Waals surface area contributed by atoms with Crippen LogP contribution in [0.2, 0.25) is 0 Å². The Labute approximate surface area is 186 Å². The van der Waals surface area contributed by atoms with E-state index >= 15 is 0 Å². The van der Waals surface area contributed by atoms with Crippen LogP contribution >= 0.6 is 0 Å². The number of likely N-dealkylation sites (N-methyl/N-ethyl adjacent to an activating group) is 1. The summed E-state index contributed by atoms with van der Waals surface area (Å²) >= 11 is 0. The van der Waals surface area contributed by atoms with Crippen LogP contribution in [0.3, 0.4) is 0 Å². The fourth-order valence-corrected chi connectivity index (χ4v) is 4.44. The fourth-order valence-electron chi connectivity index (χ4n) is 3.02. The predicted octanol–water partition coefficient (Wildman–Crippen LogP) is 3.41. The van der Waals surface area contributed by atoms with Crippen molar-refractivity contribution in [1.82, 2.24) is 5.32 Å². The van der Waals surface area contributed by atoms with Crippen LogP contribution in [0.15, 0.2) is 83.8 Å². The van der Waals surface area contributed by atoms with Crippen molar-refractivity contribution in [3.05, 3.63) is 90.5 Å². The molecule has 1 amide bonds. The number of sulfonamides is 1. The molecule has 0 aliphatic heterocycles. The monoisotopic (exact) mass is 459 g/mol. The summed E-state index contributed by atoms with van der Waals surface area (Å²) in [6, 6.07) is 18.6. The number of nitrogens with one attached hydrogen (secondary N) is 1. The molecule has 0 saturated heterocycles. The minimum atomic E-state index is -4.19. The molecule has 0 spiro atoms. The quantitative estimate of drug-likeness (QED) is 0.533. The zero-order valence-electron chi connectivity index (χ0n) is 17.4. The standard InChI is InChI=1S/C23H23F2N3O3S/c1-27(20-5-3-2-4-6-20)16-15-26-23(29)17-28(21-11-7-18(24)8-12-21)32(30,31)22-13-9-19(25)10-14-22/h2-14H,15-17H2,1H3,(H,26,29). The van der Waals surface area contributed by atoms with E-state index in [0.717, 1.165) is 46.4 Å². The number of anilines is 2. The van der Waals surface area contributed by atoms with Gasteiger partial charge in [0.2, 0.25) is 5.91 Å². The number of benzene rings is 3. The molecule has 6 nitrogen and oxygen atoms in total. The largest absolute Gasteiger partial charge is 0.373 e. The second kappa shape index (κ2) is 10.2. The summed E-state index contributed by atoms with van der Waals surface area (Å²) in [6.07, 6.45) is 0. The van der Waals surface area contributed by atoms with Crippen LogP contribution in [0.1, 0.15) is 0 Å². The average molecular weight is 460 g/mol. The number of carbonyl (C=O) groups is 1. The molecule has 0 aliphatic rings. The average Bonchev–Trinajstić information content (AvgIpc) is 2.79. The van der Waals surface area contributed by atoms with Crippen LogP contribution in [0.25, 0.3) is 0 Å². The highest BCUT2D eigenvalue weighted by atomic mass is 32.2. The second-order valence-corrected chi connectivity index (χ2v) is 8.91. The van der Waals surface area contributed by atoms with E-state index in [4.69, 9.17) is 0 Å². The molecule has 0 atom stereocenters. The Morgan fingerprint density at radius 3 is 2.00 bits per heavy atom. The lowest BCUT2D eigenvalue weighted by Crippen LogP contribution is -2.42.